The third-order valence-corrected chi connectivity index (χ3v) is 7.29. The van der Waals surface area contributed by atoms with E-state index in [0.29, 0.717) is 18.9 Å². The molecular weight excluding hydrogens is 356 g/mol. The van der Waals surface area contributed by atoms with Gasteiger partial charge in [0.25, 0.3) is 5.91 Å². The highest BCUT2D eigenvalue weighted by atomic mass is 16.3. The summed E-state index contributed by atoms with van der Waals surface area (Å²) in [5.41, 5.74) is -1.60. The smallest absolute Gasteiger partial charge is 0.259 e. The molecule has 0 bridgehead atoms. The lowest BCUT2D eigenvalue weighted by Gasteiger charge is -2.40. The van der Waals surface area contributed by atoms with Crippen molar-refractivity contribution >= 4 is 17.6 Å². The Morgan fingerprint density at radius 2 is 1.89 bits per heavy atom. The maximum absolute atomic E-state index is 13.5. The quantitative estimate of drug-likeness (QED) is 0.592. The summed E-state index contributed by atoms with van der Waals surface area (Å²) in [6, 6.07) is 0. The Kier molecular flexibility index (Phi) is 4.73. The molecule has 6 heteroatoms. The van der Waals surface area contributed by atoms with Gasteiger partial charge in [0.2, 0.25) is 5.91 Å². The first-order chi connectivity index (χ1) is 13.3. The molecule has 2 aliphatic heterocycles. The van der Waals surface area contributed by atoms with Crippen molar-refractivity contribution in [2.75, 3.05) is 20.6 Å². The lowest BCUT2D eigenvalue weighted by Crippen LogP contribution is -2.49. The van der Waals surface area contributed by atoms with E-state index >= 15 is 0 Å². The van der Waals surface area contributed by atoms with Crippen molar-refractivity contribution in [3.8, 4) is 0 Å². The third-order valence-electron chi connectivity index (χ3n) is 7.29. The van der Waals surface area contributed by atoms with E-state index in [1.807, 2.05) is 6.92 Å². The van der Waals surface area contributed by atoms with Crippen molar-refractivity contribution in [3.63, 3.8) is 0 Å². The van der Waals surface area contributed by atoms with Gasteiger partial charge in [0.05, 0.1) is 11.5 Å². The van der Waals surface area contributed by atoms with Crippen molar-refractivity contribution in [3.05, 3.63) is 23.8 Å². The number of hydrogen-bond acceptors (Lipinski definition) is 4. The summed E-state index contributed by atoms with van der Waals surface area (Å²) >= 11 is 0. The largest absolute Gasteiger partial charge is 0.366 e. The van der Waals surface area contributed by atoms with Crippen molar-refractivity contribution in [1.29, 1.82) is 0 Å². The molecule has 0 radical (unpaired) electrons. The van der Waals surface area contributed by atoms with E-state index in [4.69, 9.17) is 0 Å². The Labute approximate surface area is 166 Å². The maximum atomic E-state index is 13.5. The van der Waals surface area contributed by atoms with E-state index in [9.17, 15) is 19.5 Å². The molecule has 2 aliphatic carbocycles. The van der Waals surface area contributed by atoms with Crippen molar-refractivity contribution < 1.29 is 19.5 Å². The molecule has 1 saturated heterocycles. The first-order valence-electron chi connectivity index (χ1n) is 10.5. The van der Waals surface area contributed by atoms with E-state index in [1.165, 1.54) is 22.3 Å². The monoisotopic (exact) mass is 386 g/mol. The summed E-state index contributed by atoms with van der Waals surface area (Å²) < 4.78 is 0. The zero-order valence-electron chi connectivity index (χ0n) is 16.9. The van der Waals surface area contributed by atoms with Crippen LogP contribution in [0.3, 0.4) is 0 Å². The van der Waals surface area contributed by atoms with Crippen LogP contribution < -0.4 is 0 Å². The van der Waals surface area contributed by atoms with Gasteiger partial charge in [-0.1, -0.05) is 31.9 Å². The number of Topliss-reactive ketones (excluding diaryl/α,β-unsaturated/α-hetero) is 1. The van der Waals surface area contributed by atoms with E-state index in [2.05, 4.69) is 12.2 Å². The number of rotatable bonds is 3. The minimum Gasteiger partial charge on any atom is -0.366 e. The number of amides is 2. The number of aliphatic hydroxyl groups is 1. The lowest BCUT2D eigenvalue weighted by atomic mass is 9.63. The maximum Gasteiger partial charge on any atom is 0.259 e. The van der Waals surface area contributed by atoms with Crippen LogP contribution in [0, 0.1) is 29.6 Å². The average Bonchev–Trinajstić information content (AvgIpc) is 3.13. The van der Waals surface area contributed by atoms with E-state index in [-0.39, 0.29) is 35.0 Å². The van der Waals surface area contributed by atoms with E-state index < -0.39 is 17.6 Å². The van der Waals surface area contributed by atoms with Gasteiger partial charge < -0.3 is 14.9 Å². The minimum atomic E-state index is -1.68. The van der Waals surface area contributed by atoms with Crippen LogP contribution in [0.4, 0.5) is 0 Å². The third kappa shape index (κ3) is 2.76. The van der Waals surface area contributed by atoms with Crippen molar-refractivity contribution in [2.45, 2.75) is 44.8 Å². The highest BCUT2D eigenvalue weighted by molar-refractivity contribution is 6.22. The number of ketones is 1. The van der Waals surface area contributed by atoms with Crippen LogP contribution in [-0.2, 0) is 14.4 Å². The molecule has 2 fully saturated rings. The fourth-order valence-corrected chi connectivity index (χ4v) is 5.81. The van der Waals surface area contributed by atoms with Crippen LogP contribution >= 0.6 is 0 Å². The highest BCUT2D eigenvalue weighted by Crippen LogP contribution is 2.47. The second-order valence-electron chi connectivity index (χ2n) is 9.12. The molecule has 6 atom stereocenters. The van der Waals surface area contributed by atoms with Gasteiger partial charge in [-0.25, -0.2) is 0 Å². The van der Waals surface area contributed by atoms with Gasteiger partial charge in [-0.3, -0.25) is 14.4 Å². The SMILES string of the molecule is C[C@H]1C=C[C@H]2CCCC[C@@H]2C1C(=O)C1=C[C@]2(O)[C@H](C(=O)N(C)C)CCN2C1=O. The Hall–Kier alpha value is -1.95. The standard InChI is InChI=1S/C22H30N2O4/c1-13-8-9-14-6-4-5-7-15(14)18(13)19(25)16-12-22(28)17(21(27)23(2)3)10-11-24(22)20(16)26/h8-9,12-15,17-18,28H,4-7,10-11H2,1-3H3/t13-,14+,15-,17-,18?,22-/m0/s1. The Morgan fingerprint density at radius 3 is 2.61 bits per heavy atom. The Bertz CT molecular complexity index is 770. The number of hydrogen-bond donors (Lipinski definition) is 1. The molecule has 0 spiro atoms. The zero-order chi connectivity index (χ0) is 20.2. The van der Waals surface area contributed by atoms with Gasteiger partial charge in [-0.05, 0) is 43.1 Å². The molecule has 28 heavy (non-hydrogen) atoms. The molecule has 2 heterocycles. The zero-order valence-corrected chi connectivity index (χ0v) is 16.9. The molecule has 1 saturated carbocycles. The minimum absolute atomic E-state index is 0.0739. The van der Waals surface area contributed by atoms with E-state index in [1.54, 1.807) is 14.1 Å². The van der Waals surface area contributed by atoms with E-state index in [0.717, 1.165) is 19.3 Å². The Morgan fingerprint density at radius 1 is 1.18 bits per heavy atom. The predicted molar refractivity (Wildman–Crippen MR) is 104 cm³/mol. The molecule has 0 aromatic carbocycles. The molecule has 4 rings (SSSR count). The molecule has 0 aromatic heterocycles. The van der Waals surface area contributed by atoms with Crippen LogP contribution in [0.1, 0.15) is 39.0 Å². The average molecular weight is 386 g/mol. The highest BCUT2D eigenvalue weighted by Gasteiger charge is 2.58. The molecule has 152 valence electrons. The second-order valence-corrected chi connectivity index (χ2v) is 9.12. The molecule has 1 N–H and O–H groups in total. The van der Waals surface area contributed by atoms with Gasteiger partial charge >= 0.3 is 0 Å². The summed E-state index contributed by atoms with van der Waals surface area (Å²) in [6.45, 7) is 2.33. The van der Waals surface area contributed by atoms with Gasteiger partial charge in [0.1, 0.15) is 0 Å². The molecular formula is C22H30N2O4. The van der Waals surface area contributed by atoms with Crippen molar-refractivity contribution in [1.82, 2.24) is 9.80 Å². The fraction of sp³-hybridized carbons (Fsp3) is 0.682. The number of allylic oxidation sites excluding steroid dienone is 2. The molecule has 4 aliphatic rings. The van der Waals surface area contributed by atoms with Crippen LogP contribution in [0.15, 0.2) is 23.8 Å². The summed E-state index contributed by atoms with van der Waals surface area (Å²) in [4.78, 5) is 41.8. The topological polar surface area (TPSA) is 77.9 Å². The number of carbonyl (C=O) groups is 3. The van der Waals surface area contributed by atoms with Crippen LogP contribution in [-0.4, -0.2) is 58.9 Å². The summed E-state index contributed by atoms with van der Waals surface area (Å²) in [7, 11) is 3.28. The normalized spacial score (nSPS) is 39.4. The first kappa shape index (κ1) is 19.4. The number of carbonyl (C=O) groups excluding carboxylic acids is 3. The van der Waals surface area contributed by atoms with Crippen LogP contribution in [0.5, 0.6) is 0 Å². The lowest BCUT2D eigenvalue weighted by molar-refractivity contribution is -0.150. The summed E-state index contributed by atoms with van der Waals surface area (Å²) in [5.74, 6) is -0.997. The fourth-order valence-electron chi connectivity index (χ4n) is 5.81. The first-order valence-corrected chi connectivity index (χ1v) is 10.5. The number of fused-ring (bicyclic) bond motifs is 2. The molecule has 0 aromatic rings. The molecule has 6 nitrogen and oxygen atoms in total. The Balaban J connectivity index is 1.65. The van der Waals surface area contributed by atoms with Crippen LogP contribution in [0.2, 0.25) is 0 Å². The van der Waals surface area contributed by atoms with Crippen molar-refractivity contribution in [2.24, 2.45) is 29.6 Å². The van der Waals surface area contributed by atoms with Crippen LogP contribution in [0.25, 0.3) is 0 Å². The number of nitrogens with zero attached hydrogens (tertiary/aromatic N) is 2. The van der Waals surface area contributed by atoms with Gasteiger partial charge in [0.15, 0.2) is 11.5 Å². The second kappa shape index (κ2) is 6.83. The van der Waals surface area contributed by atoms with Gasteiger partial charge in [-0.2, -0.15) is 0 Å². The molecule has 1 unspecified atom stereocenters. The summed E-state index contributed by atoms with van der Waals surface area (Å²) in [6.07, 6.45) is 10.6. The molecule has 2 amide bonds. The predicted octanol–water partition coefficient (Wildman–Crippen LogP) is 1.75. The van der Waals surface area contributed by atoms with Gasteiger partial charge in [0, 0.05) is 26.6 Å². The van der Waals surface area contributed by atoms with Gasteiger partial charge in [-0.15, -0.1) is 0 Å². The summed E-state index contributed by atoms with van der Waals surface area (Å²) in [5, 5.41) is 11.2.